The number of H-pyrrole nitrogens is 1. The van der Waals surface area contributed by atoms with E-state index in [1.807, 2.05) is 19.3 Å². The molecule has 1 unspecified atom stereocenters. The van der Waals surface area contributed by atoms with Gasteiger partial charge in [0.25, 0.3) is 5.91 Å². The third-order valence-corrected chi connectivity index (χ3v) is 4.72. The van der Waals surface area contributed by atoms with Crippen molar-refractivity contribution in [3.63, 3.8) is 0 Å². The van der Waals surface area contributed by atoms with E-state index in [1.54, 1.807) is 24.1 Å². The van der Waals surface area contributed by atoms with Gasteiger partial charge in [-0.3, -0.25) is 14.6 Å². The van der Waals surface area contributed by atoms with Crippen LogP contribution in [-0.2, 0) is 11.8 Å². The summed E-state index contributed by atoms with van der Waals surface area (Å²) >= 11 is 7.36. The number of thiophene rings is 1. The van der Waals surface area contributed by atoms with Gasteiger partial charge >= 0.3 is 0 Å². The minimum atomic E-state index is -0.300. The number of carbonyl (C=O) groups is 1. The second kappa shape index (κ2) is 7.16. The molecule has 0 fully saturated rings. The lowest BCUT2D eigenvalue weighted by molar-refractivity contribution is 0.0897. The molecule has 0 spiro atoms. The Balaban J connectivity index is 1.82. The number of ether oxygens (including phenoxy) is 1. The zero-order valence-corrected chi connectivity index (χ0v) is 14.7. The van der Waals surface area contributed by atoms with Crippen molar-refractivity contribution in [1.29, 1.82) is 0 Å². The second-order valence-corrected chi connectivity index (χ2v) is 6.91. The highest BCUT2D eigenvalue weighted by Gasteiger charge is 2.21. The van der Waals surface area contributed by atoms with Gasteiger partial charge in [0.05, 0.1) is 45.5 Å². The third-order valence-electron chi connectivity index (χ3n) is 3.47. The Labute approximate surface area is 147 Å². The number of carbonyl (C=O) groups excluding carboxylic acids is 1. The smallest absolute Gasteiger partial charge is 0.255 e. The van der Waals surface area contributed by atoms with Crippen molar-refractivity contribution in [3.8, 4) is 10.6 Å². The number of aromatic amines is 1. The lowest BCUT2D eigenvalue weighted by Gasteiger charge is -2.16. The Morgan fingerprint density at radius 1 is 1.50 bits per heavy atom. The van der Waals surface area contributed by atoms with E-state index < -0.39 is 0 Å². The summed E-state index contributed by atoms with van der Waals surface area (Å²) in [5.41, 5.74) is 1.97. The Morgan fingerprint density at radius 3 is 2.96 bits per heavy atom. The Kier molecular flexibility index (Phi) is 4.98. The molecule has 0 aromatic carbocycles. The quantitative estimate of drug-likeness (QED) is 0.703. The zero-order chi connectivity index (χ0) is 17.1. The number of hydrogen-bond donors (Lipinski definition) is 2. The highest BCUT2D eigenvalue weighted by atomic mass is 35.5. The summed E-state index contributed by atoms with van der Waals surface area (Å²) in [6.07, 6.45) is 5.06. The van der Waals surface area contributed by atoms with Gasteiger partial charge in [-0.05, 0) is 12.1 Å². The predicted molar refractivity (Wildman–Crippen MR) is 92.2 cm³/mol. The van der Waals surface area contributed by atoms with Crippen LogP contribution in [0.5, 0.6) is 0 Å². The Bertz CT molecular complexity index is 840. The molecule has 3 aromatic heterocycles. The van der Waals surface area contributed by atoms with E-state index in [0.717, 1.165) is 10.4 Å². The number of nitrogens with zero attached hydrogens (tertiary/aromatic N) is 3. The molecule has 1 atom stereocenters. The first kappa shape index (κ1) is 16.7. The van der Waals surface area contributed by atoms with E-state index in [0.29, 0.717) is 22.2 Å². The van der Waals surface area contributed by atoms with Crippen molar-refractivity contribution < 1.29 is 9.53 Å². The van der Waals surface area contributed by atoms with E-state index in [4.69, 9.17) is 16.3 Å². The van der Waals surface area contributed by atoms with Gasteiger partial charge in [-0.1, -0.05) is 11.6 Å². The monoisotopic (exact) mass is 365 g/mol. The molecule has 2 N–H and O–H groups in total. The standard InChI is InChI=1S/C15H16ClN5O2S/c1-21-7-9(5-18-21)11(8-23-2)19-15(22)10-6-17-20-14(10)12-3-4-13(16)24-12/h3-7,11H,8H2,1-2H3,(H,17,20)(H,19,22). The average molecular weight is 366 g/mol. The summed E-state index contributed by atoms with van der Waals surface area (Å²) in [6, 6.07) is 3.34. The van der Waals surface area contributed by atoms with E-state index >= 15 is 0 Å². The minimum Gasteiger partial charge on any atom is -0.382 e. The first-order valence-electron chi connectivity index (χ1n) is 7.16. The number of halogens is 1. The van der Waals surface area contributed by atoms with Crippen LogP contribution in [0.15, 0.2) is 30.7 Å². The maximum atomic E-state index is 12.7. The van der Waals surface area contributed by atoms with Gasteiger partial charge in [0.1, 0.15) is 0 Å². The van der Waals surface area contributed by atoms with Crippen molar-refractivity contribution >= 4 is 28.8 Å². The molecule has 0 bridgehead atoms. The van der Waals surface area contributed by atoms with Crippen LogP contribution in [0, 0.1) is 0 Å². The molecule has 9 heteroatoms. The van der Waals surface area contributed by atoms with Gasteiger partial charge in [-0.2, -0.15) is 10.2 Å². The van der Waals surface area contributed by atoms with Crippen molar-refractivity contribution in [2.24, 2.45) is 7.05 Å². The fraction of sp³-hybridized carbons (Fsp3) is 0.267. The maximum absolute atomic E-state index is 12.7. The molecule has 126 valence electrons. The number of hydrogen-bond acceptors (Lipinski definition) is 5. The van der Waals surface area contributed by atoms with Crippen LogP contribution < -0.4 is 5.32 Å². The molecular formula is C15H16ClN5O2S. The molecular weight excluding hydrogens is 350 g/mol. The van der Waals surface area contributed by atoms with E-state index in [1.165, 1.54) is 17.5 Å². The molecule has 0 aliphatic heterocycles. The largest absolute Gasteiger partial charge is 0.382 e. The number of amides is 1. The predicted octanol–water partition coefficient (Wildman–Crippen LogP) is 2.64. The minimum absolute atomic E-state index is 0.242. The van der Waals surface area contributed by atoms with Crippen molar-refractivity contribution in [2.45, 2.75) is 6.04 Å². The molecule has 7 nitrogen and oxygen atoms in total. The molecule has 3 rings (SSSR count). The summed E-state index contributed by atoms with van der Waals surface area (Å²) in [7, 11) is 3.41. The first-order valence-corrected chi connectivity index (χ1v) is 8.35. The number of rotatable bonds is 6. The van der Waals surface area contributed by atoms with Gasteiger partial charge in [-0.15, -0.1) is 11.3 Å². The second-order valence-electron chi connectivity index (χ2n) is 5.19. The lowest BCUT2D eigenvalue weighted by Crippen LogP contribution is -2.31. The molecule has 0 saturated heterocycles. The van der Waals surface area contributed by atoms with E-state index in [-0.39, 0.29) is 11.9 Å². The van der Waals surface area contributed by atoms with Gasteiger partial charge in [-0.25, -0.2) is 0 Å². The van der Waals surface area contributed by atoms with Crippen molar-refractivity contribution in [3.05, 3.63) is 46.2 Å². The van der Waals surface area contributed by atoms with Crippen molar-refractivity contribution in [2.75, 3.05) is 13.7 Å². The van der Waals surface area contributed by atoms with Crippen LogP contribution >= 0.6 is 22.9 Å². The fourth-order valence-electron chi connectivity index (χ4n) is 2.34. The third kappa shape index (κ3) is 3.50. The summed E-state index contributed by atoms with van der Waals surface area (Å²) in [6.45, 7) is 0.343. The van der Waals surface area contributed by atoms with Crippen LogP contribution in [0.4, 0.5) is 0 Å². The Morgan fingerprint density at radius 2 is 2.33 bits per heavy atom. The first-order chi connectivity index (χ1) is 11.6. The van der Waals surface area contributed by atoms with Crippen LogP contribution in [-0.4, -0.2) is 39.6 Å². The molecule has 24 heavy (non-hydrogen) atoms. The zero-order valence-electron chi connectivity index (χ0n) is 13.1. The van der Waals surface area contributed by atoms with Crippen LogP contribution in [0.3, 0.4) is 0 Å². The van der Waals surface area contributed by atoms with E-state index in [9.17, 15) is 4.79 Å². The number of aromatic nitrogens is 4. The molecule has 3 heterocycles. The molecule has 0 radical (unpaired) electrons. The summed E-state index contributed by atoms with van der Waals surface area (Å²) in [4.78, 5) is 13.5. The van der Waals surface area contributed by atoms with Gasteiger partial charge in [0.15, 0.2) is 0 Å². The molecule has 0 aliphatic carbocycles. The van der Waals surface area contributed by atoms with Gasteiger partial charge in [0.2, 0.25) is 0 Å². The summed E-state index contributed by atoms with van der Waals surface area (Å²) in [5.74, 6) is -0.242. The average Bonchev–Trinajstić information content (AvgIpc) is 3.26. The number of methoxy groups -OCH3 is 1. The molecule has 0 saturated carbocycles. The fourth-order valence-corrected chi connectivity index (χ4v) is 3.39. The van der Waals surface area contributed by atoms with Crippen LogP contribution in [0.2, 0.25) is 4.34 Å². The van der Waals surface area contributed by atoms with Crippen LogP contribution in [0.1, 0.15) is 22.0 Å². The maximum Gasteiger partial charge on any atom is 0.255 e. The molecule has 1 amide bonds. The molecule has 0 aliphatic rings. The van der Waals surface area contributed by atoms with Gasteiger partial charge in [0, 0.05) is 25.9 Å². The SMILES string of the molecule is COCC(NC(=O)c1cn[nH]c1-c1ccc(Cl)s1)c1cnn(C)c1. The summed E-state index contributed by atoms with van der Waals surface area (Å²) in [5, 5.41) is 13.9. The lowest BCUT2D eigenvalue weighted by atomic mass is 10.1. The highest BCUT2D eigenvalue weighted by molar-refractivity contribution is 7.19. The molecule has 3 aromatic rings. The van der Waals surface area contributed by atoms with Crippen molar-refractivity contribution in [1.82, 2.24) is 25.3 Å². The highest BCUT2D eigenvalue weighted by Crippen LogP contribution is 2.31. The van der Waals surface area contributed by atoms with E-state index in [2.05, 4.69) is 20.6 Å². The topological polar surface area (TPSA) is 84.8 Å². The number of aryl methyl sites for hydroxylation is 1. The summed E-state index contributed by atoms with van der Waals surface area (Å²) < 4.78 is 7.55. The number of nitrogens with one attached hydrogen (secondary N) is 2. The normalized spacial score (nSPS) is 12.3. The Hall–Kier alpha value is -2.16. The van der Waals surface area contributed by atoms with Crippen LogP contribution in [0.25, 0.3) is 10.6 Å². The van der Waals surface area contributed by atoms with Gasteiger partial charge < -0.3 is 10.1 Å².